The average Bonchev–Trinajstić information content (AvgIpc) is 3.28. The van der Waals surface area contributed by atoms with Crippen molar-refractivity contribution in [3.63, 3.8) is 0 Å². The second-order valence-corrected chi connectivity index (χ2v) is 6.75. The first-order valence-corrected chi connectivity index (χ1v) is 8.59. The molecule has 1 aromatic carbocycles. The molecule has 1 aliphatic carbocycles. The fourth-order valence-corrected chi connectivity index (χ4v) is 3.83. The van der Waals surface area contributed by atoms with Gasteiger partial charge in [0.1, 0.15) is 10.7 Å². The number of amides is 1. The maximum Gasteiger partial charge on any atom is 0.433 e. The number of hydrogen-bond acceptors (Lipinski definition) is 7. The third-order valence-corrected chi connectivity index (χ3v) is 5.14. The van der Waals surface area contributed by atoms with E-state index in [0.29, 0.717) is 5.13 Å². The molecule has 0 saturated heterocycles. The summed E-state index contributed by atoms with van der Waals surface area (Å²) in [7, 11) is 1.61. The van der Waals surface area contributed by atoms with Crippen molar-refractivity contribution in [3.8, 4) is 17.0 Å². The van der Waals surface area contributed by atoms with Gasteiger partial charge in [0.15, 0.2) is 10.9 Å². The Morgan fingerprint density at radius 1 is 1.35 bits per heavy atom. The smallest absolute Gasteiger partial charge is 0.433 e. The Hall–Kier alpha value is -3.20. The molecule has 8 nitrogen and oxygen atoms in total. The van der Waals surface area contributed by atoms with E-state index in [2.05, 4.69) is 10.3 Å². The Morgan fingerprint density at radius 3 is 2.92 bits per heavy atom. The molecule has 1 amide bonds. The number of hydrogen-bond donors (Lipinski definition) is 1. The number of aromatic nitrogens is 1. The fourth-order valence-electron chi connectivity index (χ4n) is 2.86. The highest BCUT2D eigenvalue weighted by molar-refractivity contribution is 7.16. The van der Waals surface area contributed by atoms with Gasteiger partial charge in [-0.05, 0) is 36.6 Å². The highest BCUT2D eigenvalue weighted by Gasteiger charge is 2.23. The molecule has 0 bridgehead atoms. The van der Waals surface area contributed by atoms with Gasteiger partial charge in [0.05, 0.1) is 18.9 Å². The van der Waals surface area contributed by atoms with E-state index in [9.17, 15) is 14.9 Å². The fraction of sp³-hybridized carbons (Fsp3) is 0.176. The lowest BCUT2D eigenvalue weighted by atomic mass is 9.93. The SMILES string of the molecule is COc1ccc2c(c1)-c1nc(NC(=O)c3ccc([N+](=O)[O-])o3)sc1CC2. The number of aryl methyl sites for hydroxylation is 2. The molecular formula is C17H13N3O5S. The summed E-state index contributed by atoms with van der Waals surface area (Å²) in [5.74, 6) is -0.435. The number of rotatable bonds is 4. The number of fused-ring (bicyclic) bond motifs is 3. The highest BCUT2D eigenvalue weighted by atomic mass is 32.1. The number of carbonyl (C=O) groups is 1. The van der Waals surface area contributed by atoms with Gasteiger partial charge in [0, 0.05) is 10.4 Å². The third kappa shape index (κ3) is 2.82. The topological polar surface area (TPSA) is 108 Å². The zero-order valence-corrected chi connectivity index (χ0v) is 14.5. The van der Waals surface area contributed by atoms with E-state index >= 15 is 0 Å². The van der Waals surface area contributed by atoms with Crippen LogP contribution in [0.1, 0.15) is 21.0 Å². The van der Waals surface area contributed by atoms with Crippen molar-refractivity contribution in [2.75, 3.05) is 12.4 Å². The predicted molar refractivity (Wildman–Crippen MR) is 94.8 cm³/mol. The summed E-state index contributed by atoms with van der Waals surface area (Å²) >= 11 is 1.39. The second kappa shape index (κ2) is 6.26. The van der Waals surface area contributed by atoms with Crippen LogP contribution in [0, 0.1) is 10.1 Å². The number of carbonyl (C=O) groups excluding carboxylic acids is 1. The van der Waals surface area contributed by atoms with Crippen molar-refractivity contribution in [2.45, 2.75) is 12.8 Å². The molecular weight excluding hydrogens is 358 g/mol. The molecule has 1 aliphatic rings. The Kier molecular flexibility index (Phi) is 3.92. The van der Waals surface area contributed by atoms with Crippen molar-refractivity contribution < 1.29 is 18.9 Å². The highest BCUT2D eigenvalue weighted by Crippen LogP contribution is 2.39. The van der Waals surface area contributed by atoms with Crippen LogP contribution < -0.4 is 10.1 Å². The molecule has 0 spiro atoms. The van der Waals surface area contributed by atoms with E-state index in [-0.39, 0.29) is 5.76 Å². The Labute approximate surface area is 151 Å². The number of thiazole rings is 1. The third-order valence-electron chi connectivity index (χ3n) is 4.11. The normalized spacial score (nSPS) is 12.2. The minimum absolute atomic E-state index is 0.132. The quantitative estimate of drug-likeness (QED) is 0.554. The largest absolute Gasteiger partial charge is 0.497 e. The van der Waals surface area contributed by atoms with Crippen molar-refractivity contribution in [1.29, 1.82) is 0 Å². The van der Waals surface area contributed by atoms with E-state index in [1.165, 1.54) is 23.0 Å². The summed E-state index contributed by atoms with van der Waals surface area (Å²) in [4.78, 5) is 27.8. The Bertz CT molecular complexity index is 1020. The Morgan fingerprint density at radius 2 is 2.19 bits per heavy atom. The number of furan rings is 1. The summed E-state index contributed by atoms with van der Waals surface area (Å²) in [6.07, 6.45) is 1.74. The number of benzene rings is 1. The van der Waals surface area contributed by atoms with Crippen LogP contribution in [-0.2, 0) is 12.8 Å². The maximum atomic E-state index is 12.2. The standard InChI is InChI=1S/C17H13N3O5S/c1-24-10-4-2-9-3-6-13-15(11(9)8-10)18-17(26-13)19-16(21)12-5-7-14(25-12)20(22)23/h2,4-5,7-8H,3,6H2,1H3,(H,18,19,21). The van der Waals surface area contributed by atoms with Crippen molar-refractivity contribution in [3.05, 3.63) is 56.6 Å². The molecule has 3 aromatic rings. The predicted octanol–water partition coefficient (Wildman–Crippen LogP) is 3.67. The van der Waals surface area contributed by atoms with Gasteiger partial charge in [-0.2, -0.15) is 0 Å². The summed E-state index contributed by atoms with van der Waals surface area (Å²) in [6, 6.07) is 8.29. The zero-order valence-electron chi connectivity index (χ0n) is 13.6. The van der Waals surface area contributed by atoms with Crippen LogP contribution in [0.3, 0.4) is 0 Å². The molecule has 132 valence electrons. The molecule has 4 rings (SSSR count). The van der Waals surface area contributed by atoms with Gasteiger partial charge in [0.2, 0.25) is 0 Å². The van der Waals surface area contributed by atoms with Gasteiger partial charge in [0.25, 0.3) is 5.91 Å². The first-order valence-electron chi connectivity index (χ1n) is 7.77. The van der Waals surface area contributed by atoms with Gasteiger partial charge in [-0.15, -0.1) is 11.3 Å². The molecule has 2 heterocycles. The summed E-state index contributed by atoms with van der Waals surface area (Å²) in [5, 5.41) is 13.7. The summed E-state index contributed by atoms with van der Waals surface area (Å²) in [6.45, 7) is 0. The number of nitrogens with zero attached hydrogens (tertiary/aromatic N) is 2. The van der Waals surface area contributed by atoms with E-state index in [1.807, 2.05) is 18.2 Å². The lowest BCUT2D eigenvalue weighted by molar-refractivity contribution is -0.402. The van der Waals surface area contributed by atoms with Crippen LogP contribution in [0.5, 0.6) is 5.75 Å². The summed E-state index contributed by atoms with van der Waals surface area (Å²) < 4.78 is 10.2. The van der Waals surface area contributed by atoms with Gasteiger partial charge in [-0.1, -0.05) is 6.07 Å². The second-order valence-electron chi connectivity index (χ2n) is 5.66. The van der Waals surface area contributed by atoms with E-state index in [0.717, 1.165) is 40.8 Å². The zero-order chi connectivity index (χ0) is 18.3. The minimum Gasteiger partial charge on any atom is -0.497 e. The molecule has 0 radical (unpaired) electrons. The lowest BCUT2D eigenvalue weighted by Crippen LogP contribution is -2.10. The molecule has 1 N–H and O–H groups in total. The van der Waals surface area contributed by atoms with Gasteiger partial charge >= 0.3 is 5.88 Å². The average molecular weight is 371 g/mol. The number of methoxy groups -OCH3 is 1. The Balaban J connectivity index is 1.61. The van der Waals surface area contributed by atoms with Crippen molar-refractivity contribution in [2.24, 2.45) is 0 Å². The van der Waals surface area contributed by atoms with Gasteiger partial charge in [-0.25, -0.2) is 4.98 Å². The number of nitrogens with one attached hydrogen (secondary N) is 1. The molecule has 0 unspecified atom stereocenters. The van der Waals surface area contributed by atoms with Crippen LogP contribution in [0.15, 0.2) is 34.7 Å². The minimum atomic E-state index is -0.691. The van der Waals surface area contributed by atoms with E-state index in [4.69, 9.17) is 9.15 Å². The summed E-state index contributed by atoms with van der Waals surface area (Å²) in [5.41, 5.74) is 3.01. The lowest BCUT2D eigenvalue weighted by Gasteiger charge is -2.15. The monoisotopic (exact) mass is 371 g/mol. The van der Waals surface area contributed by atoms with Crippen molar-refractivity contribution >= 4 is 28.3 Å². The van der Waals surface area contributed by atoms with Crippen LogP contribution in [0.2, 0.25) is 0 Å². The van der Waals surface area contributed by atoms with Crippen LogP contribution in [0.25, 0.3) is 11.3 Å². The van der Waals surface area contributed by atoms with Crippen molar-refractivity contribution in [1.82, 2.24) is 4.98 Å². The molecule has 0 fully saturated rings. The molecule has 2 aromatic heterocycles. The van der Waals surface area contributed by atoms with Crippen LogP contribution in [-0.4, -0.2) is 22.9 Å². The number of nitro groups is 1. The number of anilines is 1. The molecule has 0 aliphatic heterocycles. The van der Waals surface area contributed by atoms with Gasteiger partial charge < -0.3 is 9.15 Å². The molecule has 26 heavy (non-hydrogen) atoms. The van der Waals surface area contributed by atoms with E-state index < -0.39 is 16.7 Å². The van der Waals surface area contributed by atoms with Gasteiger partial charge in [-0.3, -0.25) is 20.2 Å². The molecule has 9 heteroatoms. The molecule has 0 saturated carbocycles. The van der Waals surface area contributed by atoms with E-state index in [1.54, 1.807) is 7.11 Å². The van der Waals surface area contributed by atoms with Crippen LogP contribution in [0.4, 0.5) is 11.0 Å². The first-order chi connectivity index (χ1) is 12.5. The molecule has 0 atom stereocenters. The first kappa shape index (κ1) is 16.3. The maximum absolute atomic E-state index is 12.2. The number of ether oxygens (including phenoxy) is 1. The van der Waals surface area contributed by atoms with Crippen LogP contribution >= 0.6 is 11.3 Å².